The highest BCUT2D eigenvalue weighted by Gasteiger charge is 2.17. The van der Waals surface area contributed by atoms with E-state index in [1.54, 1.807) is 0 Å². The van der Waals surface area contributed by atoms with E-state index >= 15 is 0 Å². The van der Waals surface area contributed by atoms with Crippen LogP contribution in [0, 0.1) is 0 Å². The van der Waals surface area contributed by atoms with Crippen LogP contribution in [0.3, 0.4) is 0 Å². The SMILES string of the molecule is CC(C)n1c(=O)[nH]c2ccc(C3CCNCC3)cc21.Cl. The number of fused-ring (bicyclic) bond motifs is 1. The van der Waals surface area contributed by atoms with E-state index in [2.05, 4.69) is 22.4 Å². The van der Waals surface area contributed by atoms with Gasteiger partial charge >= 0.3 is 5.69 Å². The maximum Gasteiger partial charge on any atom is 0.326 e. The number of hydrogen-bond donors (Lipinski definition) is 2. The van der Waals surface area contributed by atoms with Crippen LogP contribution in [0.2, 0.25) is 0 Å². The maximum absolute atomic E-state index is 12.0. The number of aromatic amines is 1. The first-order valence-corrected chi connectivity index (χ1v) is 7.11. The quantitative estimate of drug-likeness (QED) is 0.895. The Morgan fingerprint density at radius 3 is 2.60 bits per heavy atom. The summed E-state index contributed by atoms with van der Waals surface area (Å²) in [5.41, 5.74) is 3.34. The highest BCUT2D eigenvalue weighted by molar-refractivity contribution is 5.85. The number of nitrogens with zero attached hydrogens (tertiary/aromatic N) is 1. The molecule has 0 unspecified atom stereocenters. The maximum atomic E-state index is 12.0. The summed E-state index contributed by atoms with van der Waals surface area (Å²) in [7, 11) is 0. The lowest BCUT2D eigenvalue weighted by Gasteiger charge is -2.23. The van der Waals surface area contributed by atoms with Gasteiger partial charge in [-0.15, -0.1) is 12.4 Å². The molecule has 0 radical (unpaired) electrons. The Bertz CT molecular complexity index is 638. The zero-order valence-corrected chi connectivity index (χ0v) is 12.8. The summed E-state index contributed by atoms with van der Waals surface area (Å²) in [4.78, 5) is 14.9. The minimum Gasteiger partial charge on any atom is -0.317 e. The third-order valence-corrected chi connectivity index (χ3v) is 4.07. The minimum atomic E-state index is -0.00698. The van der Waals surface area contributed by atoms with Crippen LogP contribution in [0.5, 0.6) is 0 Å². The van der Waals surface area contributed by atoms with Crippen molar-refractivity contribution in [3.63, 3.8) is 0 Å². The van der Waals surface area contributed by atoms with E-state index in [9.17, 15) is 4.79 Å². The molecule has 0 spiro atoms. The average Bonchev–Trinajstić information content (AvgIpc) is 2.74. The van der Waals surface area contributed by atoms with Crippen LogP contribution in [0.15, 0.2) is 23.0 Å². The fourth-order valence-corrected chi connectivity index (χ4v) is 3.06. The van der Waals surface area contributed by atoms with E-state index in [4.69, 9.17) is 0 Å². The smallest absolute Gasteiger partial charge is 0.317 e. The molecule has 0 aliphatic carbocycles. The van der Waals surface area contributed by atoms with Crippen molar-refractivity contribution in [1.82, 2.24) is 14.9 Å². The van der Waals surface area contributed by atoms with Crippen molar-refractivity contribution in [3.05, 3.63) is 34.2 Å². The van der Waals surface area contributed by atoms with Gasteiger partial charge in [0.15, 0.2) is 0 Å². The number of hydrogen-bond acceptors (Lipinski definition) is 2. The van der Waals surface area contributed by atoms with E-state index in [1.807, 2.05) is 24.5 Å². The second-order valence-electron chi connectivity index (χ2n) is 5.69. The number of imidazole rings is 1. The molecule has 0 bridgehead atoms. The summed E-state index contributed by atoms with van der Waals surface area (Å²) in [6.07, 6.45) is 2.36. The molecule has 4 nitrogen and oxygen atoms in total. The van der Waals surface area contributed by atoms with Crippen molar-refractivity contribution >= 4 is 23.4 Å². The molecule has 1 aromatic heterocycles. The summed E-state index contributed by atoms with van der Waals surface area (Å²) >= 11 is 0. The summed E-state index contributed by atoms with van der Waals surface area (Å²) in [5.74, 6) is 0.622. The molecule has 110 valence electrons. The largest absolute Gasteiger partial charge is 0.326 e. The number of aromatic nitrogens is 2. The predicted molar refractivity (Wildman–Crippen MR) is 85.0 cm³/mol. The lowest BCUT2D eigenvalue weighted by molar-refractivity contribution is 0.460. The minimum absolute atomic E-state index is 0. The van der Waals surface area contributed by atoms with Crippen LogP contribution >= 0.6 is 12.4 Å². The van der Waals surface area contributed by atoms with E-state index in [0.717, 1.165) is 24.1 Å². The predicted octanol–water partition coefficient (Wildman–Crippen LogP) is 2.80. The first-order chi connectivity index (χ1) is 9.16. The van der Waals surface area contributed by atoms with Crippen molar-refractivity contribution in [2.75, 3.05) is 13.1 Å². The molecule has 1 saturated heterocycles. The molecule has 2 aromatic rings. The van der Waals surface area contributed by atoms with Gasteiger partial charge in [0.2, 0.25) is 0 Å². The van der Waals surface area contributed by atoms with Crippen LogP contribution in [-0.2, 0) is 0 Å². The monoisotopic (exact) mass is 295 g/mol. The fraction of sp³-hybridized carbons (Fsp3) is 0.533. The summed E-state index contributed by atoms with van der Waals surface area (Å²) in [6, 6.07) is 6.60. The van der Waals surface area contributed by atoms with Crippen molar-refractivity contribution in [2.45, 2.75) is 38.6 Å². The highest BCUT2D eigenvalue weighted by atomic mass is 35.5. The first-order valence-electron chi connectivity index (χ1n) is 7.11. The van der Waals surface area contributed by atoms with Crippen molar-refractivity contribution in [2.24, 2.45) is 0 Å². The summed E-state index contributed by atoms with van der Waals surface area (Å²) in [6.45, 7) is 6.28. The first kappa shape index (κ1) is 15.1. The van der Waals surface area contributed by atoms with E-state index in [1.165, 1.54) is 18.4 Å². The molecule has 0 atom stereocenters. The second kappa shape index (κ2) is 6.02. The van der Waals surface area contributed by atoms with Gasteiger partial charge < -0.3 is 10.3 Å². The Balaban J connectivity index is 0.00000147. The van der Waals surface area contributed by atoms with E-state index < -0.39 is 0 Å². The van der Waals surface area contributed by atoms with Gasteiger partial charge in [-0.05, 0) is 63.4 Å². The average molecular weight is 296 g/mol. The molecule has 1 aromatic carbocycles. The fourth-order valence-electron chi connectivity index (χ4n) is 3.06. The van der Waals surface area contributed by atoms with Gasteiger partial charge in [-0.3, -0.25) is 4.57 Å². The molecule has 0 amide bonds. The van der Waals surface area contributed by atoms with Gasteiger partial charge in [0.25, 0.3) is 0 Å². The van der Waals surface area contributed by atoms with Crippen molar-refractivity contribution in [1.29, 1.82) is 0 Å². The van der Waals surface area contributed by atoms with E-state index in [-0.39, 0.29) is 24.1 Å². The molecular weight excluding hydrogens is 274 g/mol. The van der Waals surface area contributed by atoms with Gasteiger partial charge in [0, 0.05) is 6.04 Å². The highest BCUT2D eigenvalue weighted by Crippen LogP contribution is 2.27. The molecule has 3 rings (SSSR count). The molecule has 2 heterocycles. The van der Waals surface area contributed by atoms with Crippen LogP contribution in [0.25, 0.3) is 11.0 Å². The summed E-state index contributed by atoms with van der Waals surface area (Å²) in [5, 5.41) is 3.39. The Hall–Kier alpha value is -1.26. The number of nitrogens with one attached hydrogen (secondary N) is 2. The number of rotatable bonds is 2. The lowest BCUT2D eigenvalue weighted by atomic mass is 9.90. The summed E-state index contributed by atoms with van der Waals surface area (Å²) < 4.78 is 1.85. The molecular formula is C15H22ClN3O. The number of halogens is 1. The van der Waals surface area contributed by atoms with Crippen LogP contribution in [0.1, 0.15) is 44.2 Å². The van der Waals surface area contributed by atoms with Crippen LogP contribution in [-0.4, -0.2) is 22.6 Å². The normalized spacial score (nSPS) is 16.6. The molecule has 5 heteroatoms. The van der Waals surface area contributed by atoms with Gasteiger partial charge in [0.1, 0.15) is 0 Å². The topological polar surface area (TPSA) is 49.8 Å². The van der Waals surface area contributed by atoms with Crippen LogP contribution in [0.4, 0.5) is 0 Å². The zero-order valence-electron chi connectivity index (χ0n) is 12.0. The molecule has 2 N–H and O–H groups in total. The molecule has 1 fully saturated rings. The van der Waals surface area contributed by atoms with Crippen LogP contribution < -0.4 is 11.0 Å². The molecule has 1 aliphatic rings. The number of piperidine rings is 1. The zero-order chi connectivity index (χ0) is 13.4. The molecule has 0 saturated carbocycles. The Kier molecular flexibility index (Phi) is 4.55. The molecule has 20 heavy (non-hydrogen) atoms. The lowest BCUT2D eigenvalue weighted by Crippen LogP contribution is -2.26. The van der Waals surface area contributed by atoms with Gasteiger partial charge in [-0.1, -0.05) is 6.07 Å². The number of benzene rings is 1. The van der Waals surface area contributed by atoms with Gasteiger partial charge in [0.05, 0.1) is 11.0 Å². The van der Waals surface area contributed by atoms with Gasteiger partial charge in [-0.2, -0.15) is 0 Å². The third-order valence-electron chi connectivity index (χ3n) is 4.07. The standard InChI is InChI=1S/C15H21N3O.ClH/c1-10(2)18-14-9-12(11-5-7-16-8-6-11)3-4-13(14)17-15(18)19;/h3-4,9-11,16H,5-8H2,1-2H3,(H,17,19);1H. The Labute approximate surface area is 125 Å². The van der Waals surface area contributed by atoms with Gasteiger partial charge in [-0.25, -0.2) is 4.79 Å². The van der Waals surface area contributed by atoms with E-state index in [0.29, 0.717) is 5.92 Å². The Morgan fingerprint density at radius 1 is 1.25 bits per heavy atom. The molecule has 1 aliphatic heterocycles. The third kappa shape index (κ3) is 2.63. The number of H-pyrrole nitrogens is 1. The Morgan fingerprint density at radius 2 is 1.95 bits per heavy atom. The van der Waals surface area contributed by atoms with Crippen molar-refractivity contribution < 1.29 is 0 Å². The van der Waals surface area contributed by atoms with Crippen molar-refractivity contribution in [3.8, 4) is 0 Å². The second-order valence-corrected chi connectivity index (χ2v) is 5.69.